The lowest BCUT2D eigenvalue weighted by atomic mass is 9.99. The van der Waals surface area contributed by atoms with Crippen molar-refractivity contribution in [3.63, 3.8) is 0 Å². The fourth-order valence-corrected chi connectivity index (χ4v) is 2.86. The van der Waals surface area contributed by atoms with Crippen molar-refractivity contribution >= 4 is 14.0 Å². The molecule has 0 radical (unpaired) electrons. The smallest absolute Gasteiger partial charge is 0.122 e. The maximum atomic E-state index is 13.0. The Kier molecular flexibility index (Phi) is 10.7. The molecule has 2 N–H and O–H groups in total. The molecule has 2 nitrogen and oxygen atoms in total. The fraction of sp³-hybridized carbons (Fsp3) is 0.500. The van der Waals surface area contributed by atoms with Crippen molar-refractivity contribution in [1.29, 1.82) is 0 Å². The number of hydrogen-bond donors (Lipinski definition) is 1. The molecule has 0 aliphatic rings. The first-order valence-electron chi connectivity index (χ1n) is 7.68. The highest BCUT2D eigenvalue weighted by atomic mass is 31.1. The van der Waals surface area contributed by atoms with E-state index in [1.54, 1.807) is 12.2 Å². The molecule has 124 valence electrons. The molecule has 0 bridgehead atoms. The van der Waals surface area contributed by atoms with E-state index in [1.165, 1.54) is 0 Å². The third-order valence-corrected chi connectivity index (χ3v) is 4.24. The zero-order valence-corrected chi connectivity index (χ0v) is 15.4. The van der Waals surface area contributed by atoms with Gasteiger partial charge in [-0.2, -0.15) is 0 Å². The molecule has 1 unspecified atom stereocenters. The Labute approximate surface area is 137 Å². The number of rotatable bonds is 10. The molecule has 0 aromatic rings. The van der Waals surface area contributed by atoms with Gasteiger partial charge in [0.05, 0.1) is 5.45 Å². The number of aliphatic imine (C=N–C) groups is 1. The first-order chi connectivity index (χ1) is 10.3. The molecule has 0 fully saturated rings. The molecule has 0 spiro atoms. The van der Waals surface area contributed by atoms with Crippen molar-refractivity contribution in [2.45, 2.75) is 47.0 Å². The van der Waals surface area contributed by atoms with Crippen LogP contribution in [0.5, 0.6) is 0 Å². The third-order valence-electron chi connectivity index (χ3n) is 2.96. The molecule has 1 atom stereocenters. The maximum absolute atomic E-state index is 13.0. The summed E-state index contributed by atoms with van der Waals surface area (Å²) in [5, 5.41) is 0. The van der Waals surface area contributed by atoms with Gasteiger partial charge >= 0.3 is 0 Å². The van der Waals surface area contributed by atoms with Crippen LogP contribution in [0, 0.1) is 5.92 Å². The molecular formula is C18H30FN2P. The highest BCUT2D eigenvalue weighted by Crippen LogP contribution is 2.23. The Morgan fingerprint density at radius 3 is 2.45 bits per heavy atom. The Morgan fingerprint density at radius 2 is 2.00 bits per heavy atom. The van der Waals surface area contributed by atoms with Crippen LogP contribution < -0.4 is 5.73 Å². The van der Waals surface area contributed by atoms with E-state index in [4.69, 9.17) is 5.73 Å². The Bertz CT molecular complexity index is 469. The monoisotopic (exact) mass is 324 g/mol. The molecule has 4 heteroatoms. The van der Waals surface area contributed by atoms with E-state index in [0.29, 0.717) is 20.3 Å². The minimum atomic E-state index is -0.359. The normalized spacial score (nSPS) is 13.0. The summed E-state index contributed by atoms with van der Waals surface area (Å²) < 4.78 is 13.0. The van der Waals surface area contributed by atoms with Gasteiger partial charge in [0, 0.05) is 0 Å². The van der Waals surface area contributed by atoms with Crippen LogP contribution in [-0.2, 0) is 0 Å². The van der Waals surface area contributed by atoms with Gasteiger partial charge in [0.25, 0.3) is 0 Å². The minimum absolute atomic E-state index is 0.359. The van der Waals surface area contributed by atoms with Gasteiger partial charge in [0.1, 0.15) is 11.6 Å². The Balaban J connectivity index is 4.47. The van der Waals surface area contributed by atoms with Crippen LogP contribution in [-0.4, -0.2) is 11.6 Å². The van der Waals surface area contributed by atoms with Gasteiger partial charge in [-0.15, -0.1) is 0 Å². The summed E-state index contributed by atoms with van der Waals surface area (Å²) in [4.78, 5) is 4.39. The van der Waals surface area contributed by atoms with Crippen molar-refractivity contribution < 1.29 is 4.39 Å². The van der Waals surface area contributed by atoms with Crippen molar-refractivity contribution in [1.82, 2.24) is 0 Å². The van der Waals surface area contributed by atoms with Gasteiger partial charge < -0.3 is 5.73 Å². The van der Waals surface area contributed by atoms with Crippen LogP contribution in [0.1, 0.15) is 47.0 Å². The molecule has 0 saturated heterocycles. The van der Waals surface area contributed by atoms with Crippen LogP contribution in [0.25, 0.3) is 0 Å². The highest BCUT2D eigenvalue weighted by Gasteiger charge is 2.04. The van der Waals surface area contributed by atoms with Gasteiger partial charge in [-0.05, 0) is 62.9 Å². The second kappa shape index (κ2) is 11.4. The Hall–Kier alpha value is -1.21. The lowest BCUT2D eigenvalue weighted by Gasteiger charge is -2.10. The van der Waals surface area contributed by atoms with Gasteiger partial charge in [0.2, 0.25) is 0 Å². The second-order valence-corrected chi connectivity index (χ2v) is 7.33. The molecule has 0 amide bonds. The quantitative estimate of drug-likeness (QED) is 0.238. The maximum Gasteiger partial charge on any atom is 0.122 e. The van der Waals surface area contributed by atoms with E-state index in [1.807, 2.05) is 13.8 Å². The van der Waals surface area contributed by atoms with Crippen LogP contribution in [0.2, 0.25) is 0 Å². The molecule has 0 aliphatic heterocycles. The topological polar surface area (TPSA) is 38.4 Å². The molecular weight excluding hydrogens is 294 g/mol. The van der Waals surface area contributed by atoms with Crippen LogP contribution in [0.15, 0.2) is 53.1 Å². The van der Waals surface area contributed by atoms with E-state index in [0.717, 1.165) is 42.0 Å². The van der Waals surface area contributed by atoms with Gasteiger partial charge in [-0.25, -0.2) is 9.38 Å². The highest BCUT2D eigenvalue weighted by molar-refractivity contribution is 7.59. The van der Waals surface area contributed by atoms with E-state index in [9.17, 15) is 4.39 Å². The molecule has 0 heterocycles. The molecule has 0 saturated carbocycles. The van der Waals surface area contributed by atoms with Gasteiger partial charge in [-0.1, -0.05) is 41.2 Å². The van der Waals surface area contributed by atoms with Crippen molar-refractivity contribution in [3.8, 4) is 0 Å². The average Bonchev–Trinajstić information content (AvgIpc) is 2.40. The van der Waals surface area contributed by atoms with Gasteiger partial charge in [0.15, 0.2) is 0 Å². The van der Waals surface area contributed by atoms with Crippen LogP contribution in [0.3, 0.4) is 0 Å². The average molecular weight is 324 g/mol. The van der Waals surface area contributed by atoms with Crippen LogP contribution in [0.4, 0.5) is 4.39 Å². The third kappa shape index (κ3) is 10.5. The van der Waals surface area contributed by atoms with E-state index in [2.05, 4.69) is 32.0 Å². The number of allylic oxidation sites excluding steroid dienone is 5. The largest absolute Gasteiger partial charge is 0.384 e. The number of nitrogens with two attached hydrogens (primary N) is 1. The summed E-state index contributed by atoms with van der Waals surface area (Å²) in [5.41, 5.74) is 8.92. The number of nitrogens with zero attached hydrogens (tertiary/aromatic N) is 1. The van der Waals surface area contributed by atoms with E-state index >= 15 is 0 Å². The number of halogens is 1. The summed E-state index contributed by atoms with van der Waals surface area (Å²) in [6, 6.07) is 0. The van der Waals surface area contributed by atoms with E-state index in [-0.39, 0.29) is 5.83 Å². The lowest BCUT2D eigenvalue weighted by Crippen LogP contribution is -1.99. The van der Waals surface area contributed by atoms with Crippen molar-refractivity contribution in [2.75, 3.05) is 6.16 Å². The first kappa shape index (κ1) is 20.8. The summed E-state index contributed by atoms with van der Waals surface area (Å²) in [5.74, 6) is 0.732. The zero-order valence-electron chi connectivity index (χ0n) is 14.4. The zero-order chi connectivity index (χ0) is 17.1. The lowest BCUT2D eigenvalue weighted by molar-refractivity contribution is 0.613. The Morgan fingerprint density at radius 1 is 1.36 bits per heavy atom. The molecule has 0 aromatic carbocycles. The standard InChI is InChI=1S/C18H30FN2P/c1-7-17(21-18(20)14(4)5)22-10-8-9-16(11-13(2)3)12-15(6)19/h7,12-13,22H,1,6,8-11,20H2,2-5H3/b16-12-,21-17?. The summed E-state index contributed by atoms with van der Waals surface area (Å²) in [6.45, 7) is 15.3. The minimum Gasteiger partial charge on any atom is -0.384 e. The van der Waals surface area contributed by atoms with Gasteiger partial charge in [-0.3, -0.25) is 0 Å². The SMILES string of the molecule is C=CC(=NC(N)=C(C)C)PCCC/C(=C/C(=C)F)CC(C)C. The van der Waals surface area contributed by atoms with Crippen LogP contribution >= 0.6 is 8.58 Å². The van der Waals surface area contributed by atoms with Crippen molar-refractivity contribution in [2.24, 2.45) is 16.6 Å². The number of hydrogen-bond acceptors (Lipinski definition) is 2. The molecule has 22 heavy (non-hydrogen) atoms. The van der Waals surface area contributed by atoms with E-state index < -0.39 is 0 Å². The molecule has 0 aliphatic carbocycles. The molecule has 0 rings (SSSR count). The summed E-state index contributed by atoms with van der Waals surface area (Å²) >= 11 is 0. The predicted molar refractivity (Wildman–Crippen MR) is 100 cm³/mol. The first-order valence-corrected chi connectivity index (χ1v) is 8.88. The summed E-state index contributed by atoms with van der Waals surface area (Å²) in [6.07, 6.45) is 7.17. The van der Waals surface area contributed by atoms with Crippen molar-refractivity contribution in [3.05, 3.63) is 48.1 Å². The predicted octanol–water partition coefficient (Wildman–Crippen LogP) is 5.70. The fourth-order valence-electron chi connectivity index (χ4n) is 1.91. The second-order valence-electron chi connectivity index (χ2n) is 5.96. The molecule has 0 aromatic heterocycles. The summed E-state index contributed by atoms with van der Waals surface area (Å²) in [7, 11) is 0.575.